The molecule has 1 aliphatic carbocycles. The molecule has 2 rings (SSSR count). The van der Waals surface area contributed by atoms with Gasteiger partial charge in [-0.3, -0.25) is 0 Å². The van der Waals surface area contributed by atoms with Crippen molar-refractivity contribution in [3.05, 3.63) is 21.9 Å². The van der Waals surface area contributed by atoms with Crippen LogP contribution in [0.25, 0.3) is 0 Å². The Kier molecular flexibility index (Phi) is 3.47. The van der Waals surface area contributed by atoms with Crippen LogP contribution in [0.4, 0.5) is 0 Å². The van der Waals surface area contributed by atoms with Crippen molar-refractivity contribution in [1.82, 2.24) is 5.32 Å². The molecular weight excluding hydrogens is 202 g/mol. The fraction of sp³-hybridized carbons (Fsp3) is 0.692. The first kappa shape index (κ1) is 11.2. The Morgan fingerprint density at radius 2 is 2.07 bits per heavy atom. The van der Waals surface area contributed by atoms with Gasteiger partial charge in [0.15, 0.2) is 0 Å². The Balaban J connectivity index is 1.75. The number of thiophene rings is 1. The average Bonchev–Trinajstić information content (AvgIpc) is 2.76. The van der Waals surface area contributed by atoms with Gasteiger partial charge in [0.05, 0.1) is 0 Å². The van der Waals surface area contributed by atoms with Gasteiger partial charge in [-0.25, -0.2) is 0 Å². The summed E-state index contributed by atoms with van der Waals surface area (Å²) in [5.74, 6) is 0. The van der Waals surface area contributed by atoms with Crippen molar-refractivity contribution in [3.8, 4) is 0 Å². The lowest BCUT2D eigenvalue weighted by Gasteiger charge is -2.23. The van der Waals surface area contributed by atoms with Gasteiger partial charge in [-0.05, 0) is 37.3 Å². The smallest absolute Gasteiger partial charge is 0.0300 e. The van der Waals surface area contributed by atoms with Crippen LogP contribution in [0.5, 0.6) is 0 Å². The molecular formula is C13H21NS. The molecule has 0 radical (unpaired) electrons. The summed E-state index contributed by atoms with van der Waals surface area (Å²) in [6.45, 7) is 6.83. The first-order valence-electron chi connectivity index (χ1n) is 5.94. The van der Waals surface area contributed by atoms with Crippen LogP contribution in [0.3, 0.4) is 0 Å². The minimum Gasteiger partial charge on any atom is -0.311 e. The van der Waals surface area contributed by atoms with Crippen LogP contribution in [0, 0.1) is 12.3 Å². The van der Waals surface area contributed by atoms with Gasteiger partial charge in [0.1, 0.15) is 0 Å². The zero-order valence-electron chi connectivity index (χ0n) is 9.81. The Morgan fingerprint density at radius 3 is 2.67 bits per heavy atom. The molecule has 1 nitrogen and oxygen atoms in total. The van der Waals surface area contributed by atoms with Crippen LogP contribution in [0.15, 0.2) is 12.1 Å². The van der Waals surface area contributed by atoms with Crippen LogP contribution < -0.4 is 5.32 Å². The third-order valence-corrected chi connectivity index (χ3v) is 4.46. The molecule has 0 saturated heterocycles. The van der Waals surface area contributed by atoms with E-state index in [-0.39, 0.29) is 0 Å². The molecule has 1 saturated carbocycles. The summed E-state index contributed by atoms with van der Waals surface area (Å²) < 4.78 is 0. The normalized spacial score (nSPS) is 19.6. The quantitative estimate of drug-likeness (QED) is 0.820. The van der Waals surface area contributed by atoms with Gasteiger partial charge in [0.2, 0.25) is 0 Å². The van der Waals surface area contributed by atoms with E-state index in [1.165, 1.54) is 42.0 Å². The van der Waals surface area contributed by atoms with E-state index in [0.717, 1.165) is 6.54 Å². The number of hydrogen-bond donors (Lipinski definition) is 1. The van der Waals surface area contributed by atoms with Crippen LogP contribution in [-0.4, -0.2) is 6.54 Å². The molecule has 0 amide bonds. The summed E-state index contributed by atoms with van der Waals surface area (Å²) in [5, 5.41) is 3.61. The van der Waals surface area contributed by atoms with Gasteiger partial charge < -0.3 is 5.32 Å². The molecule has 0 spiro atoms. The standard InChI is InChI=1S/C13H21NS/c1-11-5-6-12(15-11)9-14-10-13(2)7-3-4-8-13/h5-6,14H,3-4,7-10H2,1-2H3. The molecule has 0 aliphatic heterocycles. The molecule has 84 valence electrons. The van der Waals surface area contributed by atoms with Crippen molar-refractivity contribution >= 4 is 11.3 Å². The van der Waals surface area contributed by atoms with Crippen molar-refractivity contribution in [2.45, 2.75) is 46.1 Å². The van der Waals surface area contributed by atoms with E-state index in [4.69, 9.17) is 0 Å². The van der Waals surface area contributed by atoms with Gasteiger partial charge in [0.25, 0.3) is 0 Å². The minimum atomic E-state index is 0.576. The van der Waals surface area contributed by atoms with Gasteiger partial charge in [-0.2, -0.15) is 0 Å². The number of nitrogens with one attached hydrogen (secondary N) is 1. The zero-order valence-corrected chi connectivity index (χ0v) is 10.6. The van der Waals surface area contributed by atoms with Gasteiger partial charge in [0, 0.05) is 22.8 Å². The van der Waals surface area contributed by atoms with E-state index in [1.54, 1.807) is 0 Å². The van der Waals surface area contributed by atoms with E-state index in [0.29, 0.717) is 5.41 Å². The summed E-state index contributed by atoms with van der Waals surface area (Å²) in [6, 6.07) is 4.45. The zero-order chi connectivity index (χ0) is 10.7. The van der Waals surface area contributed by atoms with Crippen molar-refractivity contribution in [2.75, 3.05) is 6.54 Å². The summed E-state index contributed by atoms with van der Waals surface area (Å²) in [6.07, 6.45) is 5.67. The average molecular weight is 223 g/mol. The van der Waals surface area contributed by atoms with E-state index < -0.39 is 0 Å². The lowest BCUT2D eigenvalue weighted by Crippen LogP contribution is -2.28. The molecule has 0 atom stereocenters. The van der Waals surface area contributed by atoms with Crippen molar-refractivity contribution in [2.24, 2.45) is 5.41 Å². The third-order valence-electron chi connectivity index (χ3n) is 3.46. The summed E-state index contributed by atoms with van der Waals surface area (Å²) >= 11 is 1.91. The Labute approximate surface area is 96.9 Å². The lowest BCUT2D eigenvalue weighted by atomic mass is 9.89. The molecule has 1 aromatic rings. The largest absolute Gasteiger partial charge is 0.311 e. The molecule has 1 heterocycles. The van der Waals surface area contributed by atoms with Gasteiger partial charge in [-0.1, -0.05) is 19.8 Å². The minimum absolute atomic E-state index is 0.576. The molecule has 15 heavy (non-hydrogen) atoms. The molecule has 1 aliphatic rings. The maximum atomic E-state index is 3.61. The third kappa shape index (κ3) is 3.05. The highest BCUT2D eigenvalue weighted by atomic mass is 32.1. The summed E-state index contributed by atoms with van der Waals surface area (Å²) in [7, 11) is 0. The molecule has 0 aromatic carbocycles. The number of aryl methyl sites for hydroxylation is 1. The van der Waals surface area contributed by atoms with Crippen molar-refractivity contribution in [1.29, 1.82) is 0 Å². The molecule has 2 heteroatoms. The maximum Gasteiger partial charge on any atom is 0.0300 e. The highest BCUT2D eigenvalue weighted by Crippen LogP contribution is 2.36. The number of hydrogen-bond acceptors (Lipinski definition) is 2. The Bertz CT molecular complexity index is 310. The predicted molar refractivity (Wildman–Crippen MR) is 67.3 cm³/mol. The summed E-state index contributed by atoms with van der Waals surface area (Å²) in [4.78, 5) is 2.88. The lowest BCUT2D eigenvalue weighted by molar-refractivity contribution is 0.315. The second-order valence-electron chi connectivity index (χ2n) is 5.13. The highest BCUT2D eigenvalue weighted by Gasteiger charge is 2.27. The second kappa shape index (κ2) is 4.67. The van der Waals surface area contributed by atoms with E-state index in [2.05, 4.69) is 31.3 Å². The molecule has 1 fully saturated rings. The van der Waals surface area contributed by atoms with E-state index in [9.17, 15) is 0 Å². The SMILES string of the molecule is Cc1ccc(CNCC2(C)CCCC2)s1. The Morgan fingerprint density at radius 1 is 1.33 bits per heavy atom. The topological polar surface area (TPSA) is 12.0 Å². The molecule has 1 aromatic heterocycles. The van der Waals surface area contributed by atoms with Crippen LogP contribution in [0.2, 0.25) is 0 Å². The predicted octanol–water partition coefficient (Wildman–Crippen LogP) is 3.73. The first-order chi connectivity index (χ1) is 7.18. The van der Waals surface area contributed by atoms with E-state index in [1.807, 2.05) is 11.3 Å². The van der Waals surface area contributed by atoms with Crippen LogP contribution in [-0.2, 0) is 6.54 Å². The highest BCUT2D eigenvalue weighted by molar-refractivity contribution is 7.11. The fourth-order valence-corrected chi connectivity index (χ4v) is 3.33. The Hall–Kier alpha value is -0.340. The number of rotatable bonds is 4. The van der Waals surface area contributed by atoms with Crippen molar-refractivity contribution < 1.29 is 0 Å². The van der Waals surface area contributed by atoms with Crippen LogP contribution in [0.1, 0.15) is 42.4 Å². The van der Waals surface area contributed by atoms with Crippen molar-refractivity contribution in [3.63, 3.8) is 0 Å². The first-order valence-corrected chi connectivity index (χ1v) is 6.76. The van der Waals surface area contributed by atoms with Gasteiger partial charge >= 0.3 is 0 Å². The monoisotopic (exact) mass is 223 g/mol. The molecule has 0 unspecified atom stereocenters. The van der Waals surface area contributed by atoms with Gasteiger partial charge in [-0.15, -0.1) is 11.3 Å². The fourth-order valence-electron chi connectivity index (χ4n) is 2.47. The second-order valence-corrected chi connectivity index (χ2v) is 6.51. The molecule has 0 bridgehead atoms. The maximum absolute atomic E-state index is 3.61. The summed E-state index contributed by atoms with van der Waals surface area (Å²) in [5.41, 5.74) is 0.576. The van der Waals surface area contributed by atoms with Crippen LogP contribution >= 0.6 is 11.3 Å². The molecule has 1 N–H and O–H groups in total. The van der Waals surface area contributed by atoms with E-state index >= 15 is 0 Å².